The third-order valence-electron chi connectivity index (χ3n) is 3.38. The average molecular weight is 276 g/mol. The van der Waals surface area contributed by atoms with E-state index in [2.05, 4.69) is 18.5 Å². The number of hydrogen-bond donors (Lipinski definition) is 0. The van der Waals surface area contributed by atoms with Crippen molar-refractivity contribution in [2.75, 3.05) is 0 Å². The molecule has 0 bridgehead atoms. The summed E-state index contributed by atoms with van der Waals surface area (Å²) >= 11 is 5.37. The van der Waals surface area contributed by atoms with E-state index in [0.717, 1.165) is 35.2 Å². The minimum Gasteiger partial charge on any atom is -0.419 e. The second-order valence-electron chi connectivity index (χ2n) is 4.42. The Morgan fingerprint density at radius 2 is 2.26 bits per heavy atom. The number of carbonyl (C=O) groups is 1. The molecule has 5 heteroatoms. The molecule has 2 heterocycles. The summed E-state index contributed by atoms with van der Waals surface area (Å²) in [6, 6.07) is 0. The van der Waals surface area contributed by atoms with Gasteiger partial charge in [-0.15, -0.1) is 0 Å². The zero-order chi connectivity index (χ0) is 14.2. The van der Waals surface area contributed by atoms with Crippen molar-refractivity contribution < 1.29 is 9.53 Å². The van der Waals surface area contributed by atoms with Crippen LogP contribution in [0, 0.1) is 13.8 Å². The first-order valence-electron chi connectivity index (χ1n) is 6.13. The molecule has 0 saturated heterocycles. The molecular formula is C14H16N2O2S. The number of aromatic nitrogens is 1. The quantitative estimate of drug-likeness (QED) is 0.615. The van der Waals surface area contributed by atoms with Crippen LogP contribution < -0.4 is 0 Å². The molecule has 1 aliphatic rings. The van der Waals surface area contributed by atoms with Crippen LogP contribution in [0.15, 0.2) is 12.8 Å². The van der Waals surface area contributed by atoms with Crippen molar-refractivity contribution in [2.45, 2.75) is 33.7 Å². The Morgan fingerprint density at radius 1 is 1.58 bits per heavy atom. The lowest BCUT2D eigenvalue weighted by Gasteiger charge is -2.14. The van der Waals surface area contributed by atoms with E-state index in [0.29, 0.717) is 11.5 Å². The molecule has 100 valence electrons. The van der Waals surface area contributed by atoms with E-state index in [1.54, 1.807) is 0 Å². The first-order valence-corrected chi connectivity index (χ1v) is 6.54. The van der Waals surface area contributed by atoms with Gasteiger partial charge in [0.1, 0.15) is 4.99 Å². The van der Waals surface area contributed by atoms with Gasteiger partial charge < -0.3 is 4.74 Å². The molecule has 0 saturated carbocycles. The molecule has 0 fully saturated rings. The smallest absolute Gasteiger partial charge is 0.419 e. The molecule has 0 unspecified atom stereocenters. The summed E-state index contributed by atoms with van der Waals surface area (Å²) in [6.45, 7) is 9.85. The molecule has 0 radical (unpaired) electrons. The van der Waals surface area contributed by atoms with Crippen molar-refractivity contribution >= 4 is 23.3 Å². The van der Waals surface area contributed by atoms with Crippen molar-refractivity contribution in [3.63, 3.8) is 0 Å². The normalized spacial score (nSPS) is 13.4. The zero-order valence-electron chi connectivity index (χ0n) is 11.3. The highest BCUT2D eigenvalue weighted by Gasteiger charge is 2.33. The summed E-state index contributed by atoms with van der Waals surface area (Å²) in [5.41, 5.74) is 5.06. The minimum atomic E-state index is -0.506. The van der Waals surface area contributed by atoms with Crippen molar-refractivity contribution in [1.82, 2.24) is 9.88 Å². The molecule has 0 aromatic carbocycles. The molecule has 1 amide bonds. The lowest BCUT2D eigenvalue weighted by molar-refractivity contribution is 0.161. The summed E-state index contributed by atoms with van der Waals surface area (Å²) in [5, 5.41) is 0. The minimum absolute atomic E-state index is 0.368. The molecule has 0 aliphatic carbocycles. The largest absolute Gasteiger partial charge is 0.420 e. The van der Waals surface area contributed by atoms with E-state index in [4.69, 9.17) is 17.0 Å². The highest BCUT2D eigenvalue weighted by Crippen LogP contribution is 2.29. The molecular weight excluding hydrogens is 260 g/mol. The number of hydrogen-bond acceptors (Lipinski definition) is 4. The van der Waals surface area contributed by atoms with E-state index >= 15 is 0 Å². The first-order chi connectivity index (χ1) is 9.01. The van der Waals surface area contributed by atoms with Crippen LogP contribution in [0.25, 0.3) is 0 Å². The third-order valence-corrected chi connectivity index (χ3v) is 3.81. The van der Waals surface area contributed by atoms with Gasteiger partial charge in [0, 0.05) is 11.3 Å². The molecule has 2 rings (SSSR count). The van der Waals surface area contributed by atoms with Crippen LogP contribution in [0.4, 0.5) is 4.79 Å². The van der Waals surface area contributed by atoms with E-state index < -0.39 is 6.09 Å². The standard InChI is InChI=1S/C14H16N2O2S/c1-5-10-8(3)12-11(15-9(10)4)7-16(13(12)19)14(17)18-6-2/h6H,2,5,7H2,1,3-4H3. The highest BCUT2D eigenvalue weighted by atomic mass is 32.1. The third kappa shape index (κ3) is 2.14. The number of thiocarbonyl (C=S) groups is 1. The Kier molecular flexibility index (Phi) is 3.66. The molecule has 0 atom stereocenters. The SMILES string of the molecule is C=COC(=O)N1Cc2nc(C)c(CC)c(C)c2C1=S. The molecule has 4 nitrogen and oxygen atoms in total. The fourth-order valence-corrected chi connectivity index (χ4v) is 2.93. The Balaban J connectivity index is 2.47. The lowest BCUT2D eigenvalue weighted by Crippen LogP contribution is -2.30. The lowest BCUT2D eigenvalue weighted by atomic mass is 9.99. The summed E-state index contributed by atoms with van der Waals surface area (Å²) in [6.07, 6.45) is 1.50. The number of amides is 1. The van der Waals surface area contributed by atoms with Gasteiger partial charge >= 0.3 is 6.09 Å². The van der Waals surface area contributed by atoms with Crippen LogP contribution >= 0.6 is 12.2 Å². The van der Waals surface area contributed by atoms with Crippen LogP contribution in [0.1, 0.15) is 35.0 Å². The van der Waals surface area contributed by atoms with Gasteiger partial charge in [0.2, 0.25) is 0 Å². The van der Waals surface area contributed by atoms with Crippen molar-refractivity contribution in [3.05, 3.63) is 40.9 Å². The maximum absolute atomic E-state index is 11.8. The van der Waals surface area contributed by atoms with E-state index in [9.17, 15) is 4.79 Å². The number of nitrogens with zero attached hydrogens (tertiary/aromatic N) is 2. The molecule has 1 aliphatic heterocycles. The monoisotopic (exact) mass is 276 g/mol. The number of fused-ring (bicyclic) bond motifs is 1. The van der Waals surface area contributed by atoms with Crippen molar-refractivity contribution in [1.29, 1.82) is 0 Å². The predicted octanol–water partition coefficient (Wildman–Crippen LogP) is 3.03. The van der Waals surface area contributed by atoms with E-state index in [-0.39, 0.29) is 0 Å². The molecule has 1 aromatic heterocycles. The number of aryl methyl sites for hydroxylation is 1. The Morgan fingerprint density at radius 3 is 2.84 bits per heavy atom. The van der Waals surface area contributed by atoms with Gasteiger partial charge in [-0.2, -0.15) is 0 Å². The maximum Gasteiger partial charge on any atom is 0.420 e. The second kappa shape index (κ2) is 5.09. The molecule has 1 aromatic rings. The van der Waals surface area contributed by atoms with Crippen molar-refractivity contribution in [3.8, 4) is 0 Å². The predicted molar refractivity (Wildman–Crippen MR) is 77.0 cm³/mol. The summed E-state index contributed by atoms with van der Waals surface area (Å²) in [7, 11) is 0. The van der Waals surface area contributed by atoms with Gasteiger partial charge in [0.05, 0.1) is 18.5 Å². The van der Waals surface area contributed by atoms with Crippen molar-refractivity contribution in [2.24, 2.45) is 0 Å². The van der Waals surface area contributed by atoms with Crippen LogP contribution in [-0.2, 0) is 17.7 Å². The summed E-state index contributed by atoms with van der Waals surface area (Å²) < 4.78 is 4.79. The maximum atomic E-state index is 11.8. The van der Waals surface area contributed by atoms with Gasteiger partial charge in [0.25, 0.3) is 0 Å². The molecule has 0 N–H and O–H groups in total. The van der Waals surface area contributed by atoms with Crippen LogP contribution in [0.3, 0.4) is 0 Å². The number of rotatable bonds is 2. The highest BCUT2D eigenvalue weighted by molar-refractivity contribution is 7.80. The van der Waals surface area contributed by atoms with Gasteiger partial charge in [-0.05, 0) is 31.4 Å². The van der Waals surface area contributed by atoms with E-state index in [1.165, 1.54) is 10.5 Å². The van der Waals surface area contributed by atoms with Gasteiger partial charge in [-0.25, -0.2) is 4.79 Å². The Hall–Kier alpha value is -1.75. The van der Waals surface area contributed by atoms with E-state index in [1.807, 2.05) is 13.8 Å². The van der Waals surface area contributed by atoms with Gasteiger partial charge in [-0.1, -0.05) is 25.7 Å². The number of carbonyl (C=O) groups excluding carboxylic acids is 1. The second-order valence-corrected chi connectivity index (χ2v) is 4.80. The van der Waals surface area contributed by atoms with Crippen LogP contribution in [0.2, 0.25) is 0 Å². The summed E-state index contributed by atoms with van der Waals surface area (Å²) in [4.78, 5) is 18.3. The fraction of sp³-hybridized carbons (Fsp3) is 0.357. The number of ether oxygens (including phenoxy) is 1. The first kappa shape index (κ1) is 13.7. The Labute approximate surface area is 118 Å². The number of pyridine rings is 1. The van der Waals surface area contributed by atoms with Gasteiger partial charge in [0.15, 0.2) is 0 Å². The fourth-order valence-electron chi connectivity index (χ4n) is 2.52. The van der Waals surface area contributed by atoms with Crippen LogP contribution in [-0.4, -0.2) is 21.0 Å². The molecule has 0 spiro atoms. The average Bonchev–Trinajstić information content (AvgIpc) is 2.67. The molecule has 19 heavy (non-hydrogen) atoms. The van der Waals surface area contributed by atoms with Gasteiger partial charge in [-0.3, -0.25) is 9.88 Å². The zero-order valence-corrected chi connectivity index (χ0v) is 12.1. The topological polar surface area (TPSA) is 42.4 Å². The summed E-state index contributed by atoms with van der Waals surface area (Å²) in [5.74, 6) is 0. The van der Waals surface area contributed by atoms with Crippen LogP contribution in [0.5, 0.6) is 0 Å². The Bertz CT molecular complexity index is 581.